The first-order valence-electron chi connectivity index (χ1n) is 9.42. The van der Waals surface area contributed by atoms with Crippen LogP contribution in [0.15, 0.2) is 59.5 Å². The summed E-state index contributed by atoms with van der Waals surface area (Å²) in [6.45, 7) is 0.132. The molecule has 5 rings (SSSR count). The normalized spacial score (nSPS) is 11.9. The maximum absolute atomic E-state index is 14.0. The molecule has 166 valence electrons. The van der Waals surface area contributed by atoms with E-state index in [2.05, 4.69) is 25.2 Å². The largest absolute Gasteiger partial charge is 0.433 e. The van der Waals surface area contributed by atoms with Crippen LogP contribution in [-0.2, 0) is 12.7 Å². The quantitative estimate of drug-likeness (QED) is 0.359. The molecule has 0 amide bonds. The van der Waals surface area contributed by atoms with Crippen molar-refractivity contribution in [2.24, 2.45) is 0 Å². The minimum Gasteiger partial charge on any atom is -0.359 e. The number of imidazole rings is 1. The van der Waals surface area contributed by atoms with Crippen LogP contribution in [0.4, 0.5) is 22.0 Å². The van der Waals surface area contributed by atoms with Gasteiger partial charge in [0.25, 0.3) is 0 Å². The van der Waals surface area contributed by atoms with E-state index in [9.17, 15) is 22.0 Å². The molecular formula is C21H11F5N6O. The first-order valence-corrected chi connectivity index (χ1v) is 9.42. The topological polar surface area (TPSA) is 82.5 Å². The van der Waals surface area contributed by atoms with Gasteiger partial charge in [-0.1, -0.05) is 11.2 Å². The number of fused-ring (bicyclic) bond motifs is 1. The molecule has 12 heteroatoms. The van der Waals surface area contributed by atoms with Crippen molar-refractivity contribution in [1.29, 1.82) is 0 Å². The first kappa shape index (κ1) is 20.7. The fraction of sp³-hybridized carbons (Fsp3) is 0.0952. The molecule has 2 aliphatic heterocycles. The van der Waals surface area contributed by atoms with Gasteiger partial charge in [0.2, 0.25) is 0 Å². The van der Waals surface area contributed by atoms with Gasteiger partial charge in [-0.05, 0) is 24.3 Å². The lowest BCUT2D eigenvalue weighted by Gasteiger charge is -2.05. The molecule has 0 atom stereocenters. The lowest BCUT2D eigenvalue weighted by molar-refractivity contribution is -0.141. The minimum atomic E-state index is -4.53. The van der Waals surface area contributed by atoms with Crippen LogP contribution in [-0.4, -0.2) is 29.9 Å². The van der Waals surface area contributed by atoms with E-state index in [1.54, 1.807) is 12.3 Å². The Kier molecular flexibility index (Phi) is 4.84. The highest BCUT2D eigenvalue weighted by Crippen LogP contribution is 2.29. The zero-order chi connectivity index (χ0) is 23.2. The minimum absolute atomic E-state index is 0.0262. The molecule has 0 aliphatic carbocycles. The predicted octanol–water partition coefficient (Wildman–Crippen LogP) is 4.84. The van der Waals surface area contributed by atoms with Gasteiger partial charge in [0.1, 0.15) is 29.3 Å². The van der Waals surface area contributed by atoms with Gasteiger partial charge in [0.05, 0.1) is 18.0 Å². The summed E-state index contributed by atoms with van der Waals surface area (Å²) in [4.78, 5) is 11.8. The number of hydrogen-bond donors (Lipinski definition) is 0. The maximum atomic E-state index is 14.0. The molecule has 0 fully saturated rings. The molecule has 0 saturated heterocycles. The molecule has 7 nitrogen and oxygen atoms in total. The molecule has 0 spiro atoms. The Labute approximate surface area is 181 Å². The number of pyridine rings is 1. The Balaban J connectivity index is 1.37. The standard InChI is InChI=1S/C21H11F5N6O/c22-14-3-1-2-13(19(14)23)20-29-16-8-28-32(10-17(16)30-20)9-12-6-15(31-33-12)11-4-5-18(27-7-11)21(24,25)26/h1-8,10H,9H2. The van der Waals surface area contributed by atoms with E-state index < -0.39 is 23.5 Å². The van der Waals surface area contributed by atoms with Gasteiger partial charge in [-0.3, -0.25) is 9.67 Å². The lowest BCUT2D eigenvalue weighted by atomic mass is 10.2. The summed E-state index contributed by atoms with van der Waals surface area (Å²) in [7, 11) is 0. The van der Waals surface area contributed by atoms with Crippen LogP contribution in [0, 0.1) is 11.6 Å². The summed E-state index contributed by atoms with van der Waals surface area (Å²) < 4.78 is 72.3. The molecule has 1 aromatic carbocycles. The number of alkyl halides is 3. The second-order valence-corrected chi connectivity index (χ2v) is 7.00. The molecule has 0 N–H and O–H groups in total. The summed E-state index contributed by atoms with van der Waals surface area (Å²) in [5.41, 5.74) is 0.383. The Hall–Kier alpha value is -4.22. The third-order valence-electron chi connectivity index (χ3n) is 4.73. The smallest absolute Gasteiger partial charge is 0.359 e. The molecule has 33 heavy (non-hydrogen) atoms. The highest BCUT2D eigenvalue weighted by molar-refractivity contribution is 5.65. The van der Waals surface area contributed by atoms with Crippen molar-refractivity contribution in [3.05, 3.63) is 78.1 Å². The molecule has 2 aliphatic rings. The van der Waals surface area contributed by atoms with Crippen molar-refractivity contribution >= 4 is 0 Å². The molecular weight excluding hydrogens is 447 g/mol. The van der Waals surface area contributed by atoms with Gasteiger partial charge < -0.3 is 4.52 Å². The monoisotopic (exact) mass is 458 g/mol. The van der Waals surface area contributed by atoms with Gasteiger partial charge >= 0.3 is 6.18 Å². The fourth-order valence-electron chi connectivity index (χ4n) is 3.14. The van der Waals surface area contributed by atoms with Crippen molar-refractivity contribution in [3.8, 4) is 34.0 Å². The van der Waals surface area contributed by atoms with Gasteiger partial charge in [-0.15, -0.1) is 0 Å². The zero-order valence-electron chi connectivity index (χ0n) is 16.4. The van der Waals surface area contributed by atoms with Crippen molar-refractivity contribution in [2.75, 3.05) is 0 Å². The van der Waals surface area contributed by atoms with Gasteiger partial charge in [0.15, 0.2) is 23.2 Å². The SMILES string of the molecule is Fc1cccc(-c2nc3cnn(Cc4cc(-c5ccc(C(F)(F)F)nc5)no4)cc-3n2)c1F. The van der Waals surface area contributed by atoms with Crippen LogP contribution in [0.1, 0.15) is 11.5 Å². The van der Waals surface area contributed by atoms with Gasteiger partial charge in [-0.25, -0.2) is 18.7 Å². The number of nitrogens with zero attached hydrogens (tertiary/aromatic N) is 6. The van der Waals surface area contributed by atoms with Crippen LogP contribution in [0.5, 0.6) is 0 Å². The van der Waals surface area contributed by atoms with E-state index in [4.69, 9.17) is 4.52 Å². The van der Waals surface area contributed by atoms with Crippen molar-refractivity contribution in [2.45, 2.75) is 12.7 Å². The van der Waals surface area contributed by atoms with Crippen LogP contribution in [0.2, 0.25) is 0 Å². The first-order chi connectivity index (χ1) is 15.8. The van der Waals surface area contributed by atoms with Crippen LogP contribution < -0.4 is 0 Å². The highest BCUT2D eigenvalue weighted by Gasteiger charge is 2.32. The van der Waals surface area contributed by atoms with E-state index in [1.165, 1.54) is 29.1 Å². The number of rotatable bonds is 4. The van der Waals surface area contributed by atoms with Crippen LogP contribution >= 0.6 is 0 Å². The van der Waals surface area contributed by atoms with Crippen molar-refractivity contribution < 1.29 is 26.5 Å². The van der Waals surface area contributed by atoms with Crippen molar-refractivity contribution in [3.63, 3.8) is 0 Å². The Bertz CT molecular complexity index is 1410. The number of halogens is 5. The molecule has 0 saturated carbocycles. The van der Waals surface area contributed by atoms with Gasteiger partial charge in [0, 0.05) is 17.8 Å². The van der Waals surface area contributed by atoms with Gasteiger partial charge in [-0.2, -0.15) is 18.3 Å². The Morgan fingerprint density at radius 2 is 1.76 bits per heavy atom. The fourth-order valence-corrected chi connectivity index (χ4v) is 3.14. The molecule has 4 heterocycles. The van der Waals surface area contributed by atoms with Crippen molar-refractivity contribution in [1.82, 2.24) is 29.9 Å². The highest BCUT2D eigenvalue weighted by atomic mass is 19.4. The second kappa shape index (κ2) is 7.73. The summed E-state index contributed by atoms with van der Waals surface area (Å²) in [6.07, 6.45) is -0.502. The summed E-state index contributed by atoms with van der Waals surface area (Å²) in [6, 6.07) is 7.40. The number of hydrogen-bond acceptors (Lipinski definition) is 6. The molecule has 0 bridgehead atoms. The average Bonchev–Trinajstić information content (AvgIpc) is 3.42. The third kappa shape index (κ3) is 4.02. The zero-order valence-corrected chi connectivity index (χ0v) is 16.4. The molecule has 0 unspecified atom stereocenters. The van der Waals surface area contributed by atoms with E-state index in [0.29, 0.717) is 28.4 Å². The van der Waals surface area contributed by atoms with Crippen LogP contribution in [0.3, 0.4) is 0 Å². The Morgan fingerprint density at radius 1 is 0.939 bits per heavy atom. The molecule has 0 radical (unpaired) electrons. The lowest BCUT2D eigenvalue weighted by Crippen LogP contribution is -2.07. The average molecular weight is 458 g/mol. The van der Waals surface area contributed by atoms with E-state index in [0.717, 1.165) is 18.3 Å². The second-order valence-electron chi connectivity index (χ2n) is 7.00. The summed E-state index contributed by atoms with van der Waals surface area (Å²) in [5, 5.41) is 8.05. The Morgan fingerprint density at radius 3 is 2.52 bits per heavy atom. The third-order valence-corrected chi connectivity index (χ3v) is 4.73. The molecule has 2 aromatic heterocycles. The number of aromatic nitrogens is 6. The van der Waals surface area contributed by atoms with E-state index >= 15 is 0 Å². The van der Waals surface area contributed by atoms with E-state index in [-0.39, 0.29) is 17.9 Å². The molecule has 3 aromatic rings. The maximum Gasteiger partial charge on any atom is 0.433 e. The number of benzene rings is 1. The van der Waals surface area contributed by atoms with Crippen LogP contribution in [0.25, 0.3) is 34.0 Å². The summed E-state index contributed by atoms with van der Waals surface area (Å²) >= 11 is 0. The summed E-state index contributed by atoms with van der Waals surface area (Å²) in [5.74, 6) is -1.64. The van der Waals surface area contributed by atoms with E-state index in [1.807, 2.05) is 0 Å². The predicted molar refractivity (Wildman–Crippen MR) is 104 cm³/mol.